The number of carboxylic acids is 1. The minimum absolute atomic E-state index is 0.271. The first-order valence-corrected chi connectivity index (χ1v) is 8.29. The molecule has 0 fully saturated rings. The van der Waals surface area contributed by atoms with Gasteiger partial charge in [-0.1, -0.05) is 67.7 Å². The number of hydrogen-bond acceptors (Lipinski definition) is 1. The molecule has 1 N–H and O–H groups in total. The van der Waals surface area contributed by atoms with E-state index in [2.05, 4.69) is 37.3 Å². The predicted molar refractivity (Wildman–Crippen MR) is 95.9 cm³/mol. The van der Waals surface area contributed by atoms with Crippen LogP contribution in [0.2, 0.25) is 0 Å². The molecule has 0 radical (unpaired) electrons. The van der Waals surface area contributed by atoms with E-state index in [0.29, 0.717) is 0 Å². The number of aliphatic carboxylic acids is 1. The van der Waals surface area contributed by atoms with Crippen molar-refractivity contribution in [3.8, 4) is 0 Å². The summed E-state index contributed by atoms with van der Waals surface area (Å²) in [5, 5.41) is 8.49. The molecule has 22 heavy (non-hydrogen) atoms. The number of rotatable bonds is 13. The van der Waals surface area contributed by atoms with Crippen LogP contribution in [0.1, 0.15) is 58.3 Å². The quantitative estimate of drug-likeness (QED) is 0.258. The highest BCUT2D eigenvalue weighted by atomic mass is 16.4. The van der Waals surface area contributed by atoms with Crippen molar-refractivity contribution >= 4 is 5.97 Å². The summed E-state index contributed by atoms with van der Waals surface area (Å²) in [5.74, 6) is -0.709. The van der Waals surface area contributed by atoms with Crippen LogP contribution in [0, 0.1) is 0 Å². The first-order chi connectivity index (χ1) is 10.8. The van der Waals surface area contributed by atoms with Gasteiger partial charge in [0.2, 0.25) is 0 Å². The third-order valence-electron chi connectivity index (χ3n) is 2.98. The molecule has 0 aromatic rings. The molecule has 0 aromatic heterocycles. The van der Waals surface area contributed by atoms with E-state index in [1.165, 1.54) is 12.8 Å². The molecule has 122 valence electrons. The van der Waals surface area contributed by atoms with E-state index in [4.69, 9.17) is 5.11 Å². The molecule has 0 rings (SSSR count). The van der Waals surface area contributed by atoms with Gasteiger partial charge in [0.25, 0.3) is 0 Å². The molecule has 2 heteroatoms. The largest absolute Gasteiger partial charge is 0.481 e. The molecule has 0 atom stereocenters. The van der Waals surface area contributed by atoms with Crippen LogP contribution < -0.4 is 0 Å². The fourth-order valence-electron chi connectivity index (χ4n) is 1.78. The molecular formula is C20H30O2. The fraction of sp³-hybridized carbons (Fsp3) is 0.450. The monoisotopic (exact) mass is 302 g/mol. The van der Waals surface area contributed by atoms with Gasteiger partial charge in [0, 0.05) is 6.42 Å². The normalized spacial score (nSPS) is 12.8. The lowest BCUT2D eigenvalue weighted by molar-refractivity contribution is -0.137. The molecule has 0 aromatic carbocycles. The summed E-state index contributed by atoms with van der Waals surface area (Å²) in [7, 11) is 0. The van der Waals surface area contributed by atoms with E-state index < -0.39 is 5.97 Å². The Morgan fingerprint density at radius 2 is 1.27 bits per heavy atom. The van der Waals surface area contributed by atoms with Gasteiger partial charge in [-0.2, -0.15) is 0 Å². The van der Waals surface area contributed by atoms with Crippen molar-refractivity contribution in [1.29, 1.82) is 0 Å². The average molecular weight is 302 g/mol. The van der Waals surface area contributed by atoms with Crippen molar-refractivity contribution in [1.82, 2.24) is 0 Å². The molecule has 0 unspecified atom stereocenters. The van der Waals surface area contributed by atoms with Gasteiger partial charge in [0.1, 0.15) is 0 Å². The van der Waals surface area contributed by atoms with Crippen molar-refractivity contribution in [3.63, 3.8) is 0 Å². The fourth-order valence-corrected chi connectivity index (χ4v) is 1.78. The summed E-state index contributed by atoms with van der Waals surface area (Å²) < 4.78 is 0. The van der Waals surface area contributed by atoms with Gasteiger partial charge < -0.3 is 5.11 Å². The number of allylic oxidation sites excluding steroid dienone is 10. The number of hydrogen-bond donors (Lipinski definition) is 1. The first kappa shape index (κ1) is 20.2. The molecule has 0 aliphatic rings. The molecule has 0 saturated carbocycles. The van der Waals surface area contributed by atoms with Gasteiger partial charge in [-0.15, -0.1) is 0 Å². The standard InChI is InChI=1S/C20H30O2/c1-2-3-4-5-6-7-8-9-10-11-12-13-14-15-16-17-18-19-20(21)22/h3-4,8-15H,2,5-7,16-19H2,1H3,(H,21,22)/b4-3+,9-8+,11-10+,13-12+,15-14+. The second-order valence-corrected chi connectivity index (χ2v) is 5.08. The van der Waals surface area contributed by atoms with Crippen LogP contribution >= 0.6 is 0 Å². The zero-order chi connectivity index (χ0) is 16.3. The molecule has 0 aliphatic carbocycles. The van der Waals surface area contributed by atoms with Crippen molar-refractivity contribution in [2.75, 3.05) is 0 Å². The maximum atomic E-state index is 10.3. The highest BCUT2D eigenvalue weighted by Gasteiger charge is 1.93. The minimum Gasteiger partial charge on any atom is -0.481 e. The zero-order valence-electron chi connectivity index (χ0n) is 13.8. The Morgan fingerprint density at radius 1 is 0.727 bits per heavy atom. The van der Waals surface area contributed by atoms with E-state index in [-0.39, 0.29) is 6.42 Å². The third-order valence-corrected chi connectivity index (χ3v) is 2.98. The van der Waals surface area contributed by atoms with Crippen LogP contribution in [0.15, 0.2) is 60.8 Å². The maximum Gasteiger partial charge on any atom is 0.303 e. The molecular weight excluding hydrogens is 272 g/mol. The summed E-state index contributed by atoms with van der Waals surface area (Å²) in [5.41, 5.74) is 0. The molecule has 2 nitrogen and oxygen atoms in total. The summed E-state index contributed by atoms with van der Waals surface area (Å²) >= 11 is 0. The molecule has 0 aliphatic heterocycles. The molecule has 0 amide bonds. The van der Waals surface area contributed by atoms with Crippen LogP contribution in [-0.4, -0.2) is 11.1 Å². The lowest BCUT2D eigenvalue weighted by atomic mass is 10.2. The van der Waals surface area contributed by atoms with Gasteiger partial charge in [0.05, 0.1) is 0 Å². The SMILES string of the molecule is CC/C=C/CCC/C=C/C=C/C=C/C=C/CCCCC(=O)O. The summed E-state index contributed by atoms with van der Waals surface area (Å²) in [4.78, 5) is 10.3. The van der Waals surface area contributed by atoms with E-state index >= 15 is 0 Å². The van der Waals surface area contributed by atoms with Gasteiger partial charge in [-0.3, -0.25) is 4.79 Å². The number of carbonyl (C=O) groups is 1. The average Bonchev–Trinajstić information content (AvgIpc) is 2.50. The molecule has 0 saturated heterocycles. The lowest BCUT2D eigenvalue weighted by Crippen LogP contribution is -1.92. The second kappa shape index (κ2) is 17.2. The zero-order valence-corrected chi connectivity index (χ0v) is 13.8. The smallest absolute Gasteiger partial charge is 0.303 e. The molecule has 0 spiro atoms. The number of carboxylic acid groups (broad SMARTS) is 1. The van der Waals surface area contributed by atoms with Crippen LogP contribution in [-0.2, 0) is 4.79 Å². The highest BCUT2D eigenvalue weighted by Crippen LogP contribution is 2.01. The van der Waals surface area contributed by atoms with Crippen LogP contribution in [0.3, 0.4) is 0 Å². The van der Waals surface area contributed by atoms with Gasteiger partial charge in [-0.05, 0) is 44.9 Å². The van der Waals surface area contributed by atoms with Gasteiger partial charge in [-0.25, -0.2) is 0 Å². The lowest BCUT2D eigenvalue weighted by Gasteiger charge is -1.91. The minimum atomic E-state index is -0.709. The Labute approximate surface area is 135 Å². The van der Waals surface area contributed by atoms with E-state index in [0.717, 1.165) is 32.1 Å². The highest BCUT2D eigenvalue weighted by molar-refractivity contribution is 5.66. The first-order valence-electron chi connectivity index (χ1n) is 8.29. The third kappa shape index (κ3) is 18.2. The van der Waals surface area contributed by atoms with Gasteiger partial charge >= 0.3 is 5.97 Å². The molecule has 0 bridgehead atoms. The van der Waals surface area contributed by atoms with Crippen molar-refractivity contribution in [3.05, 3.63) is 60.8 Å². The van der Waals surface area contributed by atoms with Crippen LogP contribution in [0.5, 0.6) is 0 Å². The Balaban J connectivity index is 3.50. The predicted octanol–water partition coefficient (Wildman–Crippen LogP) is 5.99. The van der Waals surface area contributed by atoms with Crippen molar-refractivity contribution < 1.29 is 9.90 Å². The topological polar surface area (TPSA) is 37.3 Å². The Bertz CT molecular complexity index is 398. The van der Waals surface area contributed by atoms with Crippen LogP contribution in [0.4, 0.5) is 0 Å². The Morgan fingerprint density at radius 3 is 1.86 bits per heavy atom. The summed E-state index contributed by atoms with van der Waals surface area (Å²) in [6, 6.07) is 0. The molecule has 0 heterocycles. The van der Waals surface area contributed by atoms with Crippen molar-refractivity contribution in [2.45, 2.75) is 58.3 Å². The van der Waals surface area contributed by atoms with E-state index in [9.17, 15) is 4.79 Å². The second-order valence-electron chi connectivity index (χ2n) is 5.08. The number of unbranched alkanes of at least 4 members (excludes halogenated alkanes) is 4. The van der Waals surface area contributed by atoms with E-state index in [1.54, 1.807) is 0 Å². The Kier molecular flexibility index (Phi) is 15.8. The Hall–Kier alpha value is -1.83. The maximum absolute atomic E-state index is 10.3. The van der Waals surface area contributed by atoms with Gasteiger partial charge in [0.15, 0.2) is 0 Å². The van der Waals surface area contributed by atoms with E-state index in [1.807, 2.05) is 30.4 Å². The summed E-state index contributed by atoms with van der Waals surface area (Å²) in [6.07, 6.45) is 28.4. The van der Waals surface area contributed by atoms with Crippen LogP contribution in [0.25, 0.3) is 0 Å². The van der Waals surface area contributed by atoms with Crippen molar-refractivity contribution in [2.24, 2.45) is 0 Å². The summed E-state index contributed by atoms with van der Waals surface area (Å²) in [6.45, 7) is 2.16.